The van der Waals surface area contributed by atoms with E-state index in [9.17, 15) is 0 Å². The highest BCUT2D eigenvalue weighted by atomic mass is 16.6. The zero-order chi connectivity index (χ0) is 6.97. The molecule has 0 radical (unpaired) electrons. The fourth-order valence-corrected chi connectivity index (χ4v) is 1.63. The molecule has 0 bridgehead atoms. The molecule has 0 spiro atoms. The molecule has 1 unspecified atom stereocenters. The summed E-state index contributed by atoms with van der Waals surface area (Å²) >= 11 is 0. The van der Waals surface area contributed by atoms with E-state index in [4.69, 9.17) is 14.2 Å². The van der Waals surface area contributed by atoms with Crippen molar-refractivity contribution >= 4 is 0 Å². The summed E-state index contributed by atoms with van der Waals surface area (Å²) in [6, 6.07) is 0. The lowest BCUT2D eigenvalue weighted by Gasteiger charge is -2.12. The van der Waals surface area contributed by atoms with Gasteiger partial charge in [0.25, 0.3) is 0 Å². The second-order valence-corrected chi connectivity index (χ2v) is 2.77. The molecule has 3 atom stereocenters. The van der Waals surface area contributed by atoms with Crippen LogP contribution in [0.5, 0.6) is 0 Å². The summed E-state index contributed by atoms with van der Waals surface area (Å²) < 4.78 is 16.0. The van der Waals surface area contributed by atoms with Crippen LogP contribution in [-0.2, 0) is 14.2 Å². The van der Waals surface area contributed by atoms with E-state index in [2.05, 4.69) is 0 Å². The molecule has 3 heteroatoms. The Hall–Kier alpha value is -0.120. The number of hydrogen-bond donors (Lipinski definition) is 0. The SMILES string of the molecule is COC1CO[C@@H]2CCO[C@H]12. The van der Waals surface area contributed by atoms with E-state index < -0.39 is 0 Å². The highest BCUT2D eigenvalue weighted by Crippen LogP contribution is 2.27. The Labute approximate surface area is 60.3 Å². The monoisotopic (exact) mass is 144 g/mol. The van der Waals surface area contributed by atoms with Gasteiger partial charge in [0.1, 0.15) is 12.2 Å². The lowest BCUT2D eigenvalue weighted by atomic mass is 10.1. The average Bonchev–Trinajstić information content (AvgIpc) is 2.44. The van der Waals surface area contributed by atoms with E-state index in [0.29, 0.717) is 12.7 Å². The van der Waals surface area contributed by atoms with Crippen molar-refractivity contribution in [3.05, 3.63) is 0 Å². The maximum atomic E-state index is 5.43. The van der Waals surface area contributed by atoms with Crippen LogP contribution in [0.3, 0.4) is 0 Å². The van der Waals surface area contributed by atoms with Gasteiger partial charge < -0.3 is 14.2 Å². The molecule has 2 rings (SSSR count). The molecule has 0 saturated carbocycles. The molecule has 0 aliphatic carbocycles. The number of ether oxygens (including phenoxy) is 3. The summed E-state index contributed by atoms with van der Waals surface area (Å²) in [5.74, 6) is 0. The molecule has 0 amide bonds. The normalized spacial score (nSPS) is 45.9. The van der Waals surface area contributed by atoms with E-state index >= 15 is 0 Å². The van der Waals surface area contributed by atoms with E-state index in [1.165, 1.54) is 0 Å². The Bertz CT molecular complexity index is 126. The molecule has 58 valence electrons. The Morgan fingerprint density at radius 1 is 1.40 bits per heavy atom. The molecule has 2 aliphatic heterocycles. The maximum Gasteiger partial charge on any atom is 0.112 e. The minimum absolute atomic E-state index is 0.174. The number of rotatable bonds is 1. The first-order valence-electron chi connectivity index (χ1n) is 3.68. The van der Waals surface area contributed by atoms with Gasteiger partial charge >= 0.3 is 0 Å². The van der Waals surface area contributed by atoms with Gasteiger partial charge in [0.15, 0.2) is 0 Å². The predicted octanol–water partition coefficient (Wildman–Crippen LogP) is 0.189. The molecule has 2 aliphatic rings. The Kier molecular flexibility index (Phi) is 1.64. The Morgan fingerprint density at radius 3 is 3.10 bits per heavy atom. The molecule has 0 aromatic heterocycles. The van der Waals surface area contributed by atoms with Gasteiger partial charge in [-0.2, -0.15) is 0 Å². The third-order valence-electron chi connectivity index (χ3n) is 2.22. The van der Waals surface area contributed by atoms with Gasteiger partial charge in [0.05, 0.1) is 12.7 Å². The van der Waals surface area contributed by atoms with Gasteiger partial charge in [0, 0.05) is 13.7 Å². The second kappa shape index (κ2) is 2.49. The van der Waals surface area contributed by atoms with Gasteiger partial charge in [0.2, 0.25) is 0 Å². The van der Waals surface area contributed by atoms with E-state index in [0.717, 1.165) is 13.0 Å². The highest BCUT2D eigenvalue weighted by Gasteiger charge is 2.41. The fraction of sp³-hybridized carbons (Fsp3) is 1.00. The summed E-state index contributed by atoms with van der Waals surface area (Å²) in [5, 5.41) is 0. The van der Waals surface area contributed by atoms with Gasteiger partial charge in [-0.25, -0.2) is 0 Å². The minimum Gasteiger partial charge on any atom is -0.376 e. The van der Waals surface area contributed by atoms with Crippen LogP contribution in [0.1, 0.15) is 6.42 Å². The van der Waals surface area contributed by atoms with Crippen molar-refractivity contribution in [2.45, 2.75) is 24.7 Å². The minimum atomic E-state index is 0.174. The van der Waals surface area contributed by atoms with Gasteiger partial charge in [-0.1, -0.05) is 0 Å². The smallest absolute Gasteiger partial charge is 0.112 e. The summed E-state index contributed by atoms with van der Waals surface area (Å²) in [7, 11) is 1.71. The first kappa shape index (κ1) is 6.58. The summed E-state index contributed by atoms with van der Waals surface area (Å²) in [5.41, 5.74) is 0. The van der Waals surface area contributed by atoms with Crippen molar-refractivity contribution < 1.29 is 14.2 Å². The average molecular weight is 144 g/mol. The summed E-state index contributed by atoms with van der Waals surface area (Å²) in [6.45, 7) is 1.53. The zero-order valence-electron chi connectivity index (χ0n) is 6.08. The Morgan fingerprint density at radius 2 is 2.30 bits per heavy atom. The van der Waals surface area contributed by atoms with Crippen LogP contribution in [0, 0.1) is 0 Å². The first-order valence-corrected chi connectivity index (χ1v) is 3.68. The van der Waals surface area contributed by atoms with E-state index in [1.807, 2.05) is 0 Å². The van der Waals surface area contributed by atoms with E-state index in [1.54, 1.807) is 7.11 Å². The molecule has 2 saturated heterocycles. The standard InChI is InChI=1S/C7H12O3/c1-8-6-4-10-5-2-3-9-7(5)6/h5-7H,2-4H2,1H3/t5-,6?,7+/m1/s1. The van der Waals surface area contributed by atoms with Crippen LogP contribution in [0.25, 0.3) is 0 Å². The maximum absolute atomic E-state index is 5.43. The van der Waals surface area contributed by atoms with Crippen LogP contribution in [-0.4, -0.2) is 38.6 Å². The van der Waals surface area contributed by atoms with Crippen LogP contribution < -0.4 is 0 Å². The molecule has 10 heavy (non-hydrogen) atoms. The van der Waals surface area contributed by atoms with Crippen molar-refractivity contribution in [2.75, 3.05) is 20.3 Å². The molecule has 2 heterocycles. The lowest BCUT2D eigenvalue weighted by Crippen LogP contribution is -2.28. The number of hydrogen-bond acceptors (Lipinski definition) is 3. The highest BCUT2D eigenvalue weighted by molar-refractivity contribution is 4.89. The quantitative estimate of drug-likeness (QED) is 0.525. The summed E-state index contributed by atoms with van der Waals surface area (Å²) in [4.78, 5) is 0. The fourth-order valence-electron chi connectivity index (χ4n) is 1.63. The van der Waals surface area contributed by atoms with Crippen molar-refractivity contribution in [1.82, 2.24) is 0 Å². The van der Waals surface area contributed by atoms with Crippen LogP contribution in [0.4, 0.5) is 0 Å². The molecule has 0 aromatic rings. The van der Waals surface area contributed by atoms with Gasteiger partial charge in [-0.3, -0.25) is 0 Å². The topological polar surface area (TPSA) is 27.7 Å². The van der Waals surface area contributed by atoms with Crippen molar-refractivity contribution in [1.29, 1.82) is 0 Å². The van der Waals surface area contributed by atoms with Crippen molar-refractivity contribution in [3.63, 3.8) is 0 Å². The Balaban J connectivity index is 2.01. The second-order valence-electron chi connectivity index (χ2n) is 2.77. The summed E-state index contributed by atoms with van der Waals surface area (Å²) in [6.07, 6.45) is 1.73. The number of methoxy groups -OCH3 is 1. The molecule has 0 N–H and O–H groups in total. The van der Waals surface area contributed by atoms with Gasteiger partial charge in [-0.15, -0.1) is 0 Å². The molecular formula is C7H12O3. The lowest BCUT2D eigenvalue weighted by molar-refractivity contribution is -0.00727. The molecule has 3 nitrogen and oxygen atoms in total. The van der Waals surface area contributed by atoms with Crippen molar-refractivity contribution in [3.8, 4) is 0 Å². The van der Waals surface area contributed by atoms with E-state index in [-0.39, 0.29) is 12.2 Å². The predicted molar refractivity (Wildman–Crippen MR) is 34.9 cm³/mol. The molecule has 0 aromatic carbocycles. The van der Waals surface area contributed by atoms with Crippen LogP contribution in [0.2, 0.25) is 0 Å². The van der Waals surface area contributed by atoms with Crippen LogP contribution >= 0.6 is 0 Å². The van der Waals surface area contributed by atoms with Crippen molar-refractivity contribution in [2.24, 2.45) is 0 Å². The molecular weight excluding hydrogens is 132 g/mol. The third-order valence-corrected chi connectivity index (χ3v) is 2.22. The van der Waals surface area contributed by atoms with Crippen LogP contribution in [0.15, 0.2) is 0 Å². The largest absolute Gasteiger partial charge is 0.376 e. The molecule has 2 fully saturated rings. The zero-order valence-corrected chi connectivity index (χ0v) is 6.08. The first-order chi connectivity index (χ1) is 4.92. The van der Waals surface area contributed by atoms with Gasteiger partial charge in [-0.05, 0) is 6.42 Å². The number of fused-ring (bicyclic) bond motifs is 1. The third kappa shape index (κ3) is 0.856.